The van der Waals surface area contributed by atoms with Gasteiger partial charge in [0, 0.05) is 5.69 Å². The van der Waals surface area contributed by atoms with E-state index in [1.807, 2.05) is 38.1 Å². The molecule has 0 fully saturated rings. The molecule has 2 aromatic carbocycles. The maximum Gasteiger partial charge on any atom is 0.103 e. The molecule has 0 saturated carbocycles. The number of carbonyl (C=O) groups excluding carboxylic acids is 1. The van der Waals surface area contributed by atoms with Crippen molar-refractivity contribution in [3.8, 4) is 0 Å². The first kappa shape index (κ1) is 18.0. The number of anilines is 1. The normalized spacial score (nSPS) is 12.2. The molecule has 126 valence electrons. The maximum atomic E-state index is 12.7. The standard InChI is InChI=1S/C20H24NO.Cf/c1-5-15(2)17-12-9-13-18(14-17)21-20(3,4)19(22)16-10-7-6-8-11-16;/h6-10,12-15,21H,5H2,1-4H3;/q-1;. The van der Waals surface area contributed by atoms with Gasteiger partial charge in [0.25, 0.3) is 0 Å². The Labute approximate surface area is 133 Å². The quantitative estimate of drug-likeness (QED) is 0.406. The molecule has 2 nitrogen and oxygen atoms in total. The van der Waals surface area contributed by atoms with Crippen LogP contribution >= 0.6 is 0 Å². The number of carbonyl (C=O) groups is 1. The van der Waals surface area contributed by atoms with Crippen molar-refractivity contribution in [2.45, 2.75) is 45.6 Å². The molecule has 0 aliphatic carbocycles. The van der Waals surface area contributed by atoms with Crippen molar-refractivity contribution in [3.05, 3.63) is 65.7 Å². The Morgan fingerprint density at radius 3 is 2.57 bits per heavy atom. The summed E-state index contributed by atoms with van der Waals surface area (Å²) in [5, 5.41) is 3.37. The van der Waals surface area contributed by atoms with E-state index in [1.165, 1.54) is 5.56 Å². The number of hydrogen-bond donors (Lipinski definition) is 1. The number of hydrogen-bond acceptors (Lipinski definition) is 2. The third kappa shape index (κ3) is 4.19. The van der Waals surface area contributed by atoms with Crippen LogP contribution in [-0.2, 0) is 0 Å². The van der Waals surface area contributed by atoms with Crippen LogP contribution in [0.1, 0.15) is 56.0 Å². The van der Waals surface area contributed by atoms with Gasteiger partial charge in [-0.3, -0.25) is 0 Å². The van der Waals surface area contributed by atoms with Gasteiger partial charge in [-0.25, -0.2) is 0 Å². The van der Waals surface area contributed by atoms with Crippen LogP contribution < -0.4 is 5.32 Å². The van der Waals surface area contributed by atoms with E-state index in [0.29, 0.717) is 11.5 Å². The Kier molecular flexibility index (Phi) is 5.67. The molecule has 0 amide bonds. The first-order valence-electron chi connectivity index (χ1n) is 7.83. The van der Waals surface area contributed by atoms with Gasteiger partial charge in [0.15, 0.2) is 0 Å². The van der Waals surface area contributed by atoms with Crippen molar-refractivity contribution in [3.63, 3.8) is 0 Å². The summed E-state index contributed by atoms with van der Waals surface area (Å²) in [5.74, 6) is 0.560. The van der Waals surface area contributed by atoms with Crippen molar-refractivity contribution in [1.82, 2.24) is 0 Å². The summed E-state index contributed by atoms with van der Waals surface area (Å²) >= 11 is 0. The second kappa shape index (κ2) is 7.26. The van der Waals surface area contributed by atoms with Crippen molar-refractivity contribution in [1.29, 1.82) is 0 Å². The number of rotatable bonds is 6. The SMILES string of the molecule is CCC(C)c1cccc(NC(C)(C)C(=O)c2[c-]cccc2)c1.[Cf]. The fraction of sp³-hybridized carbons (Fsp3) is 0.350. The molecule has 3 heteroatoms. The van der Waals surface area contributed by atoms with E-state index < -0.39 is 5.54 Å². The Morgan fingerprint density at radius 1 is 1.22 bits per heavy atom. The molecule has 1 atom stereocenters. The minimum Gasteiger partial charge on any atom is -0.381 e. The fourth-order valence-electron chi connectivity index (χ4n) is 2.45. The van der Waals surface area contributed by atoms with Gasteiger partial charge < -0.3 is 10.1 Å². The summed E-state index contributed by atoms with van der Waals surface area (Å²) in [6.07, 6.45) is 1.10. The van der Waals surface area contributed by atoms with Crippen LogP contribution in [0.4, 0.5) is 5.69 Å². The van der Waals surface area contributed by atoms with Crippen LogP contribution in [0, 0.1) is 6.07 Å². The average molecular weight is 545 g/mol. The topological polar surface area (TPSA) is 29.1 Å². The smallest absolute Gasteiger partial charge is 0.103 e. The van der Waals surface area contributed by atoms with E-state index in [9.17, 15) is 4.79 Å². The molecule has 0 spiro atoms. The molecule has 0 bridgehead atoms. The monoisotopic (exact) mass is 543 g/mol. The molecule has 0 radical (unpaired) electrons. The summed E-state index contributed by atoms with van der Waals surface area (Å²) < 4.78 is 0. The molecule has 2 aromatic rings. The Balaban J connectivity index is 0.00000264. The summed E-state index contributed by atoms with van der Waals surface area (Å²) in [6, 6.07) is 18.6. The van der Waals surface area contributed by atoms with Gasteiger partial charge in [0.1, 0.15) is 5.78 Å². The van der Waals surface area contributed by atoms with Gasteiger partial charge >= 0.3 is 0 Å². The Hall–Kier alpha value is -3.09. The first-order chi connectivity index (χ1) is 10.4. The minimum atomic E-state index is -0.675. The van der Waals surface area contributed by atoms with Gasteiger partial charge in [0.05, 0.1) is 5.54 Å². The zero-order valence-corrected chi connectivity index (χ0v) is 16.8. The molecule has 0 saturated heterocycles. The molecule has 0 aliphatic rings. The molecule has 0 aromatic heterocycles. The second-order valence-corrected chi connectivity index (χ2v) is 6.29. The van der Waals surface area contributed by atoms with E-state index in [4.69, 9.17) is 0 Å². The summed E-state index contributed by atoms with van der Waals surface area (Å²) in [5.41, 5.74) is 2.21. The summed E-state index contributed by atoms with van der Waals surface area (Å²) in [6.45, 7) is 8.22. The van der Waals surface area contributed by atoms with E-state index in [-0.39, 0.29) is 5.78 Å². The maximum absolute atomic E-state index is 12.7. The average Bonchev–Trinajstić information content (AvgIpc) is 2.54. The van der Waals surface area contributed by atoms with Crippen molar-refractivity contribution in [2.75, 3.05) is 5.32 Å². The van der Waals surface area contributed by atoms with Crippen LogP contribution in [0.25, 0.3) is 0 Å². The number of Topliss-reactive ketones (excluding diaryl/α,β-unsaturated/α-hetero) is 1. The largest absolute Gasteiger partial charge is 0.381 e. The third-order valence-corrected chi connectivity index (χ3v) is 4.05. The zero-order chi connectivity index (χ0) is 16.2. The second-order valence-electron chi connectivity index (χ2n) is 6.29. The molecule has 1 N–H and O–H groups in total. The molecular formula is C20H24CfNO-. The predicted octanol–water partition coefficient (Wildman–Crippen LogP) is 5.07. The number of nitrogens with one attached hydrogen (secondary N) is 1. The Bertz CT molecular complexity index is 637. The van der Waals surface area contributed by atoms with E-state index in [0.717, 1.165) is 12.1 Å². The summed E-state index contributed by atoms with van der Waals surface area (Å²) in [7, 11) is 0. The molecule has 0 aliphatic heterocycles. The van der Waals surface area contributed by atoms with Crippen LogP contribution in [0.5, 0.6) is 0 Å². The molecule has 0 heterocycles. The minimum absolute atomic E-state index is 0. The zero-order valence-electron chi connectivity index (χ0n) is 14.1. The van der Waals surface area contributed by atoms with Gasteiger partial charge in [0.2, 0.25) is 0 Å². The van der Waals surface area contributed by atoms with E-state index in [1.54, 1.807) is 12.1 Å². The van der Waals surface area contributed by atoms with Crippen LogP contribution in [-0.4, -0.2) is 11.3 Å². The fourth-order valence-corrected chi connectivity index (χ4v) is 2.45. The van der Waals surface area contributed by atoms with Crippen LogP contribution in [0.2, 0.25) is 0 Å². The third-order valence-electron chi connectivity index (χ3n) is 4.05. The molecule has 23 heavy (non-hydrogen) atoms. The molecule has 2 rings (SSSR count). The predicted molar refractivity (Wildman–Crippen MR) is 92.5 cm³/mol. The Morgan fingerprint density at radius 2 is 1.96 bits per heavy atom. The van der Waals surface area contributed by atoms with Crippen molar-refractivity contribution < 1.29 is 4.79 Å². The molecular weight excluding hydrogens is 521 g/mol. The first-order valence-corrected chi connectivity index (χ1v) is 7.83. The van der Waals surface area contributed by atoms with Gasteiger partial charge in [-0.2, -0.15) is 0 Å². The van der Waals surface area contributed by atoms with Gasteiger partial charge in [-0.15, -0.1) is 35.9 Å². The van der Waals surface area contributed by atoms with Gasteiger partial charge in [-0.1, -0.05) is 26.0 Å². The number of ketones is 1. The van der Waals surface area contributed by atoms with E-state index >= 15 is 0 Å². The van der Waals surface area contributed by atoms with Gasteiger partial charge in [-0.05, 0) is 43.9 Å². The summed E-state index contributed by atoms with van der Waals surface area (Å²) in [4.78, 5) is 12.7. The van der Waals surface area contributed by atoms with Crippen molar-refractivity contribution in [2.24, 2.45) is 0 Å². The molecule has 1 unspecified atom stereocenters. The van der Waals surface area contributed by atoms with E-state index in [2.05, 4.69) is 37.4 Å². The number of benzene rings is 2. The van der Waals surface area contributed by atoms with Crippen molar-refractivity contribution >= 4 is 11.5 Å². The van der Waals surface area contributed by atoms with Crippen LogP contribution in [0.15, 0.2) is 48.5 Å². The van der Waals surface area contributed by atoms with Crippen LogP contribution in [0.3, 0.4) is 0 Å².